The van der Waals surface area contributed by atoms with Crippen LogP contribution >= 0.6 is 11.3 Å². The molecule has 0 spiro atoms. The van der Waals surface area contributed by atoms with E-state index in [4.69, 9.17) is 0 Å². The molecule has 1 aromatic heterocycles. The molecule has 0 saturated carbocycles. The molecule has 0 radical (unpaired) electrons. The number of anilines is 1. The highest BCUT2D eigenvalue weighted by molar-refractivity contribution is 7.10. The highest BCUT2D eigenvalue weighted by Gasteiger charge is 2.15. The Morgan fingerprint density at radius 3 is 2.55 bits per heavy atom. The van der Waals surface area contributed by atoms with E-state index in [1.807, 2.05) is 26.1 Å². The Morgan fingerprint density at radius 2 is 2.00 bits per heavy atom. The van der Waals surface area contributed by atoms with E-state index in [0.29, 0.717) is 11.8 Å². The molecule has 0 saturated heterocycles. The van der Waals surface area contributed by atoms with Crippen molar-refractivity contribution in [2.45, 2.75) is 25.9 Å². The van der Waals surface area contributed by atoms with Crippen molar-refractivity contribution in [3.05, 3.63) is 46.2 Å². The second kappa shape index (κ2) is 6.29. The molecule has 20 heavy (non-hydrogen) atoms. The van der Waals surface area contributed by atoms with Gasteiger partial charge in [-0.05, 0) is 38.4 Å². The fraction of sp³-hybridized carbons (Fsp3) is 0.375. The van der Waals surface area contributed by atoms with Gasteiger partial charge >= 0.3 is 0 Å². The van der Waals surface area contributed by atoms with E-state index in [-0.39, 0.29) is 6.04 Å². The summed E-state index contributed by atoms with van der Waals surface area (Å²) in [7, 11) is 3.95. The van der Waals surface area contributed by atoms with Gasteiger partial charge in [-0.25, -0.2) is 0 Å². The number of benzene rings is 1. The maximum atomic E-state index is 10.2. The van der Waals surface area contributed by atoms with Gasteiger partial charge in [0.25, 0.3) is 0 Å². The molecule has 2 atom stereocenters. The fourth-order valence-corrected chi connectivity index (χ4v) is 3.04. The zero-order chi connectivity index (χ0) is 14.7. The Hall–Kier alpha value is -1.52. The summed E-state index contributed by atoms with van der Waals surface area (Å²) in [6.45, 7) is 4.21. The molecule has 0 amide bonds. The van der Waals surface area contributed by atoms with Crippen molar-refractivity contribution >= 4 is 17.0 Å². The van der Waals surface area contributed by atoms with Crippen molar-refractivity contribution in [2.24, 2.45) is 0 Å². The first-order valence-corrected chi connectivity index (χ1v) is 7.69. The lowest BCUT2D eigenvalue weighted by Gasteiger charge is -2.27. The van der Waals surface area contributed by atoms with Gasteiger partial charge in [0.15, 0.2) is 0 Å². The Labute approximate surface area is 124 Å². The third kappa shape index (κ3) is 2.97. The number of rotatable bonds is 5. The van der Waals surface area contributed by atoms with Crippen LogP contribution in [0.2, 0.25) is 0 Å². The van der Waals surface area contributed by atoms with E-state index in [9.17, 15) is 5.11 Å². The summed E-state index contributed by atoms with van der Waals surface area (Å²) in [6, 6.07) is 10.5. The Kier molecular flexibility index (Phi) is 4.68. The SMILES string of the molecule is CNC(C)c1ccc(N(C)C(C)c2cccs2)cc1O. The standard InChI is InChI=1S/C16H22N2OS/c1-11(17-3)14-8-7-13(10-15(14)19)18(4)12(2)16-6-5-9-20-16/h5-12,17,19H,1-4H3. The quantitative estimate of drug-likeness (QED) is 0.875. The smallest absolute Gasteiger partial charge is 0.122 e. The maximum Gasteiger partial charge on any atom is 0.122 e. The molecule has 2 aromatic rings. The van der Waals surface area contributed by atoms with Gasteiger partial charge in [-0.2, -0.15) is 0 Å². The van der Waals surface area contributed by atoms with Crippen molar-refractivity contribution < 1.29 is 5.11 Å². The lowest BCUT2D eigenvalue weighted by atomic mass is 10.1. The minimum Gasteiger partial charge on any atom is -0.508 e. The number of nitrogens with zero attached hydrogens (tertiary/aromatic N) is 1. The van der Waals surface area contributed by atoms with Crippen molar-refractivity contribution in [3.8, 4) is 5.75 Å². The van der Waals surface area contributed by atoms with Crippen LogP contribution < -0.4 is 10.2 Å². The number of hydrogen-bond acceptors (Lipinski definition) is 4. The van der Waals surface area contributed by atoms with Crippen molar-refractivity contribution in [2.75, 3.05) is 19.0 Å². The molecule has 4 heteroatoms. The summed E-state index contributed by atoms with van der Waals surface area (Å²) < 4.78 is 0. The van der Waals surface area contributed by atoms with Crippen molar-refractivity contribution in [1.82, 2.24) is 5.32 Å². The first-order chi connectivity index (χ1) is 9.54. The van der Waals surface area contributed by atoms with E-state index in [1.165, 1.54) is 4.88 Å². The topological polar surface area (TPSA) is 35.5 Å². The average molecular weight is 290 g/mol. The molecule has 1 aromatic carbocycles. The minimum atomic E-state index is 0.143. The number of phenolic OH excluding ortho intramolecular Hbond substituents is 1. The Morgan fingerprint density at radius 1 is 1.25 bits per heavy atom. The van der Waals surface area contributed by atoms with Crippen LogP contribution in [-0.2, 0) is 0 Å². The number of phenols is 1. The normalized spacial score (nSPS) is 14.0. The number of aromatic hydroxyl groups is 1. The summed E-state index contributed by atoms with van der Waals surface area (Å²) in [5.74, 6) is 0.342. The average Bonchev–Trinajstić information content (AvgIpc) is 2.99. The van der Waals surface area contributed by atoms with E-state index < -0.39 is 0 Å². The van der Waals surface area contributed by atoms with Crippen LogP contribution in [0.15, 0.2) is 35.7 Å². The molecular weight excluding hydrogens is 268 g/mol. The van der Waals surface area contributed by atoms with E-state index in [0.717, 1.165) is 11.3 Å². The third-order valence-corrected chi connectivity index (χ3v) is 4.90. The van der Waals surface area contributed by atoms with Gasteiger partial charge in [0.1, 0.15) is 5.75 Å². The highest BCUT2D eigenvalue weighted by atomic mass is 32.1. The van der Waals surface area contributed by atoms with Crippen LogP contribution in [0.25, 0.3) is 0 Å². The number of hydrogen-bond donors (Lipinski definition) is 2. The van der Waals surface area contributed by atoms with Gasteiger partial charge in [0.05, 0.1) is 6.04 Å². The lowest BCUT2D eigenvalue weighted by Crippen LogP contribution is -2.21. The molecule has 0 aliphatic heterocycles. The lowest BCUT2D eigenvalue weighted by molar-refractivity contribution is 0.457. The number of thiophene rings is 1. The minimum absolute atomic E-state index is 0.143. The molecule has 0 aliphatic rings. The Bertz CT molecular complexity index is 554. The van der Waals surface area contributed by atoms with Crippen LogP contribution in [0.3, 0.4) is 0 Å². The van der Waals surface area contributed by atoms with E-state index in [1.54, 1.807) is 11.3 Å². The number of nitrogens with one attached hydrogen (secondary N) is 1. The Balaban J connectivity index is 2.23. The molecule has 1 heterocycles. The summed E-state index contributed by atoms with van der Waals surface area (Å²) in [4.78, 5) is 3.50. The fourth-order valence-electron chi connectivity index (χ4n) is 2.22. The van der Waals surface area contributed by atoms with Gasteiger partial charge in [0.2, 0.25) is 0 Å². The predicted octanol–water partition coefficient (Wildman–Crippen LogP) is 3.93. The molecule has 2 N–H and O–H groups in total. The van der Waals surface area contributed by atoms with Crippen LogP contribution in [-0.4, -0.2) is 19.2 Å². The first kappa shape index (κ1) is 14.9. The molecule has 0 bridgehead atoms. The zero-order valence-electron chi connectivity index (χ0n) is 12.4. The van der Waals surface area contributed by atoms with Crippen LogP contribution in [0.4, 0.5) is 5.69 Å². The van der Waals surface area contributed by atoms with Crippen molar-refractivity contribution in [3.63, 3.8) is 0 Å². The molecule has 0 aliphatic carbocycles. The summed E-state index contributed by atoms with van der Waals surface area (Å²) in [5, 5.41) is 15.4. The van der Waals surface area contributed by atoms with Gasteiger partial charge < -0.3 is 15.3 Å². The summed E-state index contributed by atoms with van der Waals surface area (Å²) in [6.07, 6.45) is 0. The van der Waals surface area contributed by atoms with Crippen molar-refractivity contribution in [1.29, 1.82) is 0 Å². The third-order valence-electron chi connectivity index (χ3n) is 3.86. The second-order valence-corrected chi connectivity index (χ2v) is 6.04. The molecule has 108 valence electrons. The van der Waals surface area contributed by atoms with Crippen LogP contribution in [0.1, 0.15) is 36.4 Å². The van der Waals surface area contributed by atoms with E-state index >= 15 is 0 Å². The van der Waals surface area contributed by atoms with Gasteiger partial charge in [0, 0.05) is 35.3 Å². The molecule has 2 rings (SSSR count). The monoisotopic (exact) mass is 290 g/mol. The molecule has 0 fully saturated rings. The largest absolute Gasteiger partial charge is 0.508 e. The predicted molar refractivity (Wildman–Crippen MR) is 86.7 cm³/mol. The van der Waals surface area contributed by atoms with Crippen LogP contribution in [0.5, 0.6) is 5.75 Å². The summed E-state index contributed by atoms with van der Waals surface area (Å²) >= 11 is 1.76. The molecular formula is C16H22N2OS. The zero-order valence-corrected chi connectivity index (χ0v) is 13.2. The van der Waals surface area contributed by atoms with Crippen LogP contribution in [0, 0.1) is 0 Å². The summed E-state index contributed by atoms with van der Waals surface area (Å²) in [5.41, 5.74) is 1.95. The van der Waals surface area contributed by atoms with Gasteiger partial charge in [-0.15, -0.1) is 11.3 Å². The maximum absolute atomic E-state index is 10.2. The van der Waals surface area contributed by atoms with Gasteiger partial charge in [-0.1, -0.05) is 12.1 Å². The van der Waals surface area contributed by atoms with Gasteiger partial charge in [-0.3, -0.25) is 0 Å². The second-order valence-electron chi connectivity index (χ2n) is 5.06. The molecule has 3 nitrogen and oxygen atoms in total. The van der Waals surface area contributed by atoms with E-state index in [2.05, 4.69) is 47.8 Å². The molecule has 2 unspecified atom stereocenters. The highest BCUT2D eigenvalue weighted by Crippen LogP contribution is 2.33. The first-order valence-electron chi connectivity index (χ1n) is 6.81.